The zero-order valence-electron chi connectivity index (χ0n) is 71.5. The lowest BCUT2D eigenvalue weighted by atomic mass is 9.94. The first-order valence-corrected chi connectivity index (χ1v) is 47.9. The summed E-state index contributed by atoms with van der Waals surface area (Å²) in [4.78, 5) is 145. The van der Waals surface area contributed by atoms with Crippen LogP contribution in [-0.2, 0) is 57.2 Å². The van der Waals surface area contributed by atoms with E-state index in [4.69, 9.17) is 48.4 Å². The first-order valence-electron chi connectivity index (χ1n) is 41.2. The molecule has 4 aromatic carbocycles. The van der Waals surface area contributed by atoms with Crippen LogP contribution < -0.4 is 21.3 Å². The van der Waals surface area contributed by atoms with Crippen LogP contribution in [0, 0.1) is 23.3 Å². The molecule has 8 atom stereocenters. The Hall–Kier alpha value is -10.8. The molecule has 0 radical (unpaired) electrons. The summed E-state index contributed by atoms with van der Waals surface area (Å²) in [6.45, 7) is 19.5. The van der Waals surface area contributed by atoms with E-state index in [1.54, 1.807) is 104 Å². The maximum absolute atomic E-state index is 13.8. The van der Waals surface area contributed by atoms with Crippen molar-refractivity contribution in [1.29, 1.82) is 0 Å². The second-order valence-corrected chi connectivity index (χ2v) is 37.4. The van der Waals surface area contributed by atoms with Crippen molar-refractivity contribution >= 4 is 180 Å². The zero-order valence-corrected chi connectivity index (χ0v) is 81.2. The van der Waals surface area contributed by atoms with Gasteiger partial charge >= 0.3 is 36.1 Å². The highest BCUT2D eigenvalue weighted by Crippen LogP contribution is 2.49. The number of carbonyl (C=O) groups excluding carboxylic acids is 8. The fraction of sp³-hybridized carbons (Fsp3) is 0.364. The number of thiazole rings is 4. The second kappa shape index (κ2) is 43.5. The van der Waals surface area contributed by atoms with E-state index in [1.165, 1.54) is 108 Å². The Balaban J connectivity index is 0.000000148. The molecule has 0 aliphatic carbocycles. The van der Waals surface area contributed by atoms with Gasteiger partial charge in [0.1, 0.15) is 47.4 Å². The summed E-state index contributed by atoms with van der Waals surface area (Å²) in [5, 5.41) is 21.8. The van der Waals surface area contributed by atoms with Crippen molar-refractivity contribution in [3.63, 3.8) is 0 Å². The predicted octanol–water partition coefficient (Wildman–Crippen LogP) is 16.3. The summed E-state index contributed by atoms with van der Waals surface area (Å²) in [7, 11) is 0. The highest BCUT2D eigenvalue weighted by atomic mass is 79.9. The molecule has 42 heteroatoms. The third-order valence-corrected chi connectivity index (χ3v) is 26.5. The van der Waals surface area contributed by atoms with Gasteiger partial charge in [0, 0.05) is 153 Å². The smallest absolute Gasteiger partial charge is 0.407 e. The molecular weight excluding hydrogens is 2030 g/mol. The van der Waals surface area contributed by atoms with Gasteiger partial charge in [-0.25, -0.2) is 66.3 Å². The molecule has 4 aromatic heterocycles. The Morgan fingerprint density at radius 3 is 0.785 bits per heavy atom. The molecule has 1 unspecified atom stereocenters. The van der Waals surface area contributed by atoms with Crippen molar-refractivity contribution in [1.82, 2.24) is 60.8 Å². The predicted molar refractivity (Wildman–Crippen MR) is 494 cm³/mol. The summed E-state index contributed by atoms with van der Waals surface area (Å²) >= 11 is 19.4. The second-order valence-electron chi connectivity index (χ2n) is 30.4. The monoisotopic (exact) mass is 2110 g/mol. The quantitative estimate of drug-likeness (QED) is 0.0278. The Bertz CT molecular complexity index is 5530. The van der Waals surface area contributed by atoms with Crippen LogP contribution in [0.4, 0.5) is 27.2 Å². The molecule has 4 N–H and O–H groups in total. The summed E-state index contributed by atoms with van der Waals surface area (Å²) in [6.07, 6.45) is 6.84. The van der Waals surface area contributed by atoms with Gasteiger partial charge in [0.2, 0.25) is 11.8 Å². The average Bonchev–Trinajstić information content (AvgIpc) is 1.51. The molecule has 130 heavy (non-hydrogen) atoms. The SMILES string of the molecule is CCOC(=O)C1=C2CC(NC(C)=O)CN2C(c2nccs2)=N[C@H]1c1ccc(F)cc1Br.CCOC(=O)C1=C2C[C@@H](NC(=O)OC(C)C)CN2C(c2nccs2)=N[C@H]1c1ccc(F)cc1Br.CCOC(=O)C1=C2C[C@@H](NC(C)=O)CN2C(c2nccs2)=N[C@H]1c1ccc(F)cc1Br.CCOC(=O)C1=C2C[C@H](NC(=O)OC(C)C)CN2C(c2nccs2)=N[C@H]1c1ccc(F)cc1Br. The Labute approximate surface area is 794 Å². The number of halogens is 8. The first-order chi connectivity index (χ1) is 62.3. The van der Waals surface area contributed by atoms with Gasteiger partial charge in [0.05, 0.1) is 85.1 Å². The Morgan fingerprint density at radius 2 is 0.600 bits per heavy atom. The lowest BCUT2D eigenvalue weighted by Crippen LogP contribution is -2.40. The highest BCUT2D eigenvalue weighted by Gasteiger charge is 2.49. The van der Waals surface area contributed by atoms with Crippen LogP contribution in [-0.4, -0.2) is 200 Å². The number of amides is 4. The van der Waals surface area contributed by atoms with Crippen LogP contribution in [0.2, 0.25) is 0 Å². The third-order valence-electron chi connectivity index (χ3n) is 20.7. The molecule has 8 aliphatic heterocycles. The van der Waals surface area contributed by atoms with Gasteiger partial charge in [0.25, 0.3) is 0 Å². The standard InChI is InChI=1S/2C23H24BrFN4O4S.2C21H20BrFN4O3S/c2*1-4-32-22(30)18-17-10-14(27-23(31)33-12(2)3)11-29(17)20(21-26-7-8-34-21)28-19(18)15-6-5-13(25)9-16(15)24;2*1-3-30-21(29)17-16-9-13(25-11(2)28)10-27(16)19(20-24-6-7-31-20)26-18(17)14-5-4-12(23)8-15(14)22/h2*5-9,12,14,19H,4,10-11H2,1-3H3,(H,27,31);2*4-8,13,18H,3,9-10H2,1-2H3,(H,25,28)/t14-,19+;14-,19-;13?,18-;13-,18+/m1001/s1. The third kappa shape index (κ3) is 22.5. The number of aliphatic imine (C=N–C) groups is 4. The largest absolute Gasteiger partial charge is 0.463 e. The number of ether oxygens (including phenoxy) is 6. The lowest BCUT2D eigenvalue weighted by molar-refractivity contribution is -0.140. The van der Waals surface area contributed by atoms with Crippen molar-refractivity contribution in [3.05, 3.63) is 248 Å². The van der Waals surface area contributed by atoms with E-state index in [2.05, 4.69) is 105 Å². The van der Waals surface area contributed by atoms with Crippen molar-refractivity contribution in [3.8, 4) is 0 Å². The van der Waals surface area contributed by atoms with Crippen LogP contribution in [0.3, 0.4) is 0 Å². The number of esters is 4. The van der Waals surface area contributed by atoms with Crippen LogP contribution in [0.15, 0.2) is 202 Å². The minimum absolute atomic E-state index is 0.145. The fourth-order valence-electron chi connectivity index (χ4n) is 15.8. The minimum atomic E-state index is -0.736. The number of aromatic nitrogens is 4. The summed E-state index contributed by atoms with van der Waals surface area (Å²) in [5.74, 6) is -1.45. The van der Waals surface area contributed by atoms with E-state index in [0.29, 0.717) is 169 Å². The number of nitrogens with one attached hydrogen (secondary N) is 4. The van der Waals surface area contributed by atoms with Gasteiger partial charge in [-0.2, -0.15) is 0 Å². The molecule has 684 valence electrons. The van der Waals surface area contributed by atoms with Crippen molar-refractivity contribution in [2.45, 2.75) is 155 Å². The summed E-state index contributed by atoms with van der Waals surface area (Å²) < 4.78 is 89.1. The van der Waals surface area contributed by atoms with E-state index < -0.39 is 83.5 Å². The minimum Gasteiger partial charge on any atom is -0.463 e. The van der Waals surface area contributed by atoms with Gasteiger partial charge in [0.15, 0.2) is 43.4 Å². The molecule has 4 amide bonds. The molecule has 8 aliphatic rings. The molecule has 30 nitrogen and oxygen atoms in total. The molecule has 0 saturated carbocycles. The summed E-state index contributed by atoms with van der Waals surface area (Å²) in [5.41, 5.74) is 6.89. The molecular formula is C88H88Br4F4N16O14S4. The van der Waals surface area contributed by atoms with E-state index in [-0.39, 0.29) is 74.6 Å². The van der Waals surface area contributed by atoms with Gasteiger partial charge in [-0.15, -0.1) is 45.3 Å². The van der Waals surface area contributed by atoms with Crippen molar-refractivity contribution in [2.24, 2.45) is 20.0 Å². The Morgan fingerprint density at radius 1 is 0.377 bits per heavy atom. The van der Waals surface area contributed by atoms with Crippen LogP contribution in [0.1, 0.15) is 161 Å². The Kier molecular flexibility index (Phi) is 32.4. The van der Waals surface area contributed by atoms with E-state index >= 15 is 0 Å². The van der Waals surface area contributed by atoms with Crippen LogP contribution >= 0.6 is 109 Å². The number of hydrogen-bond donors (Lipinski definition) is 4. The van der Waals surface area contributed by atoms with Crippen LogP contribution in [0.5, 0.6) is 0 Å². The summed E-state index contributed by atoms with van der Waals surface area (Å²) in [6, 6.07) is 13.3. The fourth-order valence-corrected chi connectivity index (χ4v) is 20.7. The van der Waals surface area contributed by atoms with Gasteiger partial charge in [-0.1, -0.05) is 88.0 Å². The molecule has 4 fully saturated rings. The average molecular weight is 2120 g/mol. The van der Waals surface area contributed by atoms with Crippen molar-refractivity contribution < 1.29 is 84.3 Å². The number of rotatable bonds is 22. The molecule has 16 rings (SSSR count). The lowest BCUT2D eigenvalue weighted by Gasteiger charge is -2.31. The van der Waals surface area contributed by atoms with Crippen molar-refractivity contribution in [2.75, 3.05) is 52.6 Å². The topological polar surface area (TPSA) is 354 Å². The zero-order chi connectivity index (χ0) is 93.1. The normalized spacial score (nSPS) is 20.0. The maximum Gasteiger partial charge on any atom is 0.407 e. The number of hydrogen-bond acceptors (Lipinski definition) is 30. The number of fused-ring (bicyclic) bond motifs is 4. The van der Waals surface area contributed by atoms with E-state index in [0.717, 1.165) is 11.4 Å². The molecule has 0 spiro atoms. The number of benzene rings is 4. The molecule has 4 saturated heterocycles. The number of carbonyl (C=O) groups is 8. The molecule has 12 heterocycles. The van der Waals surface area contributed by atoms with Gasteiger partial charge in [-0.3, -0.25) is 29.6 Å². The highest BCUT2D eigenvalue weighted by molar-refractivity contribution is 9.11. The number of alkyl carbamates (subject to hydrolysis) is 2. The first kappa shape index (κ1) is 96.8. The molecule has 0 bridgehead atoms. The van der Waals surface area contributed by atoms with E-state index in [9.17, 15) is 55.9 Å². The molecule has 8 aromatic rings. The maximum atomic E-state index is 13.8. The van der Waals surface area contributed by atoms with Crippen LogP contribution in [0.25, 0.3) is 0 Å². The number of amidine groups is 4. The van der Waals surface area contributed by atoms with Gasteiger partial charge in [-0.05, 0) is 126 Å². The number of nitrogens with zero attached hydrogens (tertiary/aromatic N) is 12. The van der Waals surface area contributed by atoms with Gasteiger partial charge < -0.3 is 69.3 Å². The van der Waals surface area contributed by atoms with E-state index in [1.807, 2.05) is 41.1 Å².